The van der Waals surface area contributed by atoms with Gasteiger partial charge >= 0.3 is 0 Å². The molecule has 1 aromatic carbocycles. The number of aromatic nitrogens is 2. The van der Waals surface area contributed by atoms with Gasteiger partial charge in [0.05, 0.1) is 12.7 Å². The normalized spacial score (nSPS) is 19.5. The monoisotopic (exact) mass is 426 g/mol. The third-order valence-electron chi connectivity index (χ3n) is 5.72. The van der Waals surface area contributed by atoms with Crippen LogP contribution in [0.3, 0.4) is 0 Å². The number of aryl methyl sites for hydroxylation is 1. The lowest BCUT2D eigenvalue weighted by molar-refractivity contribution is -0.136. The average molecular weight is 426 g/mol. The van der Waals surface area contributed by atoms with E-state index in [1.54, 1.807) is 21.8 Å². The minimum absolute atomic E-state index is 0.220. The first kappa shape index (κ1) is 21.0. The molecule has 0 radical (unpaired) electrons. The maximum absolute atomic E-state index is 12.9. The Kier molecular flexibility index (Phi) is 5.75. The first-order valence-corrected chi connectivity index (χ1v) is 10.2. The van der Waals surface area contributed by atoms with Crippen molar-refractivity contribution in [2.45, 2.75) is 38.2 Å². The molecule has 10 heteroatoms. The first-order valence-electron chi connectivity index (χ1n) is 10.2. The Bertz CT molecular complexity index is 1020. The molecule has 2 aromatic rings. The number of hydrogen-bond donors (Lipinski definition) is 3. The quantitative estimate of drug-likeness (QED) is 0.422. The van der Waals surface area contributed by atoms with Gasteiger partial charge in [-0.2, -0.15) is 5.10 Å². The fourth-order valence-corrected chi connectivity index (χ4v) is 3.98. The first-order chi connectivity index (χ1) is 14.8. The van der Waals surface area contributed by atoms with E-state index >= 15 is 0 Å². The van der Waals surface area contributed by atoms with Crippen molar-refractivity contribution in [1.82, 2.24) is 24.9 Å². The molecule has 2 atom stereocenters. The van der Waals surface area contributed by atoms with Gasteiger partial charge in [-0.15, -0.1) is 0 Å². The molecule has 31 heavy (non-hydrogen) atoms. The Balaban J connectivity index is 1.36. The minimum atomic E-state index is -0.732. The Morgan fingerprint density at radius 3 is 2.87 bits per heavy atom. The number of aliphatic hydroxyl groups is 1. The van der Waals surface area contributed by atoms with Gasteiger partial charge in [-0.1, -0.05) is 6.07 Å². The molecular formula is C21H26N6O4. The van der Waals surface area contributed by atoms with Gasteiger partial charge in [0.2, 0.25) is 11.8 Å². The molecule has 0 spiro atoms. The lowest BCUT2D eigenvalue weighted by Crippen LogP contribution is -2.52. The number of rotatable bonds is 7. The van der Waals surface area contributed by atoms with Crippen molar-refractivity contribution in [2.24, 2.45) is 7.05 Å². The molecule has 0 aliphatic carbocycles. The number of imide groups is 1. The van der Waals surface area contributed by atoms with E-state index in [1.165, 1.54) is 4.90 Å². The van der Waals surface area contributed by atoms with Crippen LogP contribution in [0.5, 0.6) is 0 Å². The van der Waals surface area contributed by atoms with Crippen molar-refractivity contribution in [3.05, 3.63) is 47.3 Å². The molecule has 0 saturated carbocycles. The number of benzene rings is 1. The van der Waals surface area contributed by atoms with E-state index in [0.717, 1.165) is 11.1 Å². The van der Waals surface area contributed by atoms with Crippen LogP contribution < -0.4 is 10.6 Å². The second-order valence-electron chi connectivity index (χ2n) is 8.07. The highest BCUT2D eigenvalue weighted by molar-refractivity contribution is 6.05. The second-order valence-corrected chi connectivity index (χ2v) is 8.07. The summed E-state index contributed by atoms with van der Waals surface area (Å²) in [6, 6.07) is 4.83. The molecular weight excluding hydrogens is 400 g/mol. The number of amides is 3. The molecule has 3 heterocycles. The van der Waals surface area contributed by atoms with E-state index in [0.29, 0.717) is 30.8 Å². The summed E-state index contributed by atoms with van der Waals surface area (Å²) in [5.41, 5.74) is 3.09. The van der Waals surface area contributed by atoms with Crippen LogP contribution in [0.2, 0.25) is 0 Å². The molecule has 1 fully saturated rings. The van der Waals surface area contributed by atoms with Gasteiger partial charge in [-0.05, 0) is 31.2 Å². The van der Waals surface area contributed by atoms with Crippen LogP contribution in [0, 0.1) is 0 Å². The van der Waals surface area contributed by atoms with E-state index in [4.69, 9.17) is 0 Å². The van der Waals surface area contributed by atoms with E-state index in [2.05, 4.69) is 15.7 Å². The molecule has 0 bridgehead atoms. The molecule has 2 unspecified atom stereocenters. The Morgan fingerprint density at radius 2 is 2.16 bits per heavy atom. The summed E-state index contributed by atoms with van der Waals surface area (Å²) in [6.45, 7) is 1.18. The van der Waals surface area contributed by atoms with Crippen LogP contribution >= 0.6 is 0 Å². The van der Waals surface area contributed by atoms with Crippen LogP contribution in [0.15, 0.2) is 30.6 Å². The highest BCUT2D eigenvalue weighted by Crippen LogP contribution is 2.29. The Labute approximate surface area is 179 Å². The summed E-state index contributed by atoms with van der Waals surface area (Å²) in [4.78, 5) is 39.8. The number of likely N-dealkylation sites (N-methyl/N-ethyl adjacent to an activating group) is 1. The van der Waals surface area contributed by atoms with Crippen LogP contribution in [0.4, 0.5) is 5.69 Å². The Hall–Kier alpha value is -3.24. The Morgan fingerprint density at radius 1 is 1.35 bits per heavy atom. The third kappa shape index (κ3) is 4.44. The van der Waals surface area contributed by atoms with Gasteiger partial charge in [0.25, 0.3) is 5.91 Å². The molecule has 3 N–H and O–H groups in total. The standard InChI is InChI=1S/C21H26N6O4/c1-25(10-13-8-23-26(2)11-13)19(29)9-22-15-4-3-14-12-27(21(31)16(14)7-15)17-5-6-18(28)24-20(17)30/h3-4,7-8,11,17,19,22,29H,5-6,9-10,12H2,1-2H3,(H,24,28,30). The van der Waals surface area contributed by atoms with Crippen molar-refractivity contribution in [2.75, 3.05) is 18.9 Å². The summed E-state index contributed by atoms with van der Waals surface area (Å²) in [7, 11) is 3.67. The van der Waals surface area contributed by atoms with Crippen molar-refractivity contribution in [1.29, 1.82) is 0 Å². The van der Waals surface area contributed by atoms with E-state index in [9.17, 15) is 19.5 Å². The number of nitrogens with one attached hydrogen (secondary N) is 2. The van der Waals surface area contributed by atoms with Crippen LogP contribution in [0.1, 0.15) is 34.3 Å². The summed E-state index contributed by atoms with van der Waals surface area (Å²) < 4.78 is 1.72. The molecule has 3 amide bonds. The van der Waals surface area contributed by atoms with Gasteiger partial charge in [0, 0.05) is 49.6 Å². The molecule has 1 aromatic heterocycles. The maximum atomic E-state index is 12.9. The van der Waals surface area contributed by atoms with E-state index in [-0.39, 0.29) is 24.8 Å². The molecule has 4 rings (SSSR count). The number of fused-ring (bicyclic) bond motifs is 1. The number of anilines is 1. The zero-order chi connectivity index (χ0) is 22.1. The van der Waals surface area contributed by atoms with Gasteiger partial charge < -0.3 is 15.3 Å². The van der Waals surface area contributed by atoms with Gasteiger partial charge in [-0.25, -0.2) is 0 Å². The summed E-state index contributed by atoms with van der Waals surface area (Å²) >= 11 is 0. The number of carbonyl (C=O) groups is 3. The number of hydrogen-bond acceptors (Lipinski definition) is 7. The van der Waals surface area contributed by atoms with E-state index < -0.39 is 18.2 Å². The number of aliphatic hydroxyl groups excluding tert-OH is 1. The third-order valence-corrected chi connectivity index (χ3v) is 5.72. The fourth-order valence-electron chi connectivity index (χ4n) is 3.98. The van der Waals surface area contributed by atoms with Crippen molar-refractivity contribution >= 4 is 23.4 Å². The fraction of sp³-hybridized carbons (Fsp3) is 0.429. The molecule has 2 aliphatic heterocycles. The molecule has 2 aliphatic rings. The minimum Gasteiger partial charge on any atom is -0.381 e. The van der Waals surface area contributed by atoms with Crippen molar-refractivity contribution in [3.8, 4) is 0 Å². The summed E-state index contributed by atoms with van der Waals surface area (Å²) in [5.74, 6) is -0.943. The van der Waals surface area contributed by atoms with Crippen LogP contribution in [-0.4, -0.2) is 68.3 Å². The number of nitrogens with zero attached hydrogens (tertiary/aromatic N) is 4. The van der Waals surface area contributed by atoms with E-state index in [1.807, 2.05) is 32.4 Å². The van der Waals surface area contributed by atoms with Gasteiger partial charge in [0.15, 0.2) is 0 Å². The predicted molar refractivity (Wildman–Crippen MR) is 112 cm³/mol. The average Bonchev–Trinajstić information content (AvgIpc) is 3.29. The highest BCUT2D eigenvalue weighted by atomic mass is 16.3. The lowest BCUT2D eigenvalue weighted by Gasteiger charge is -2.29. The largest absolute Gasteiger partial charge is 0.381 e. The highest BCUT2D eigenvalue weighted by Gasteiger charge is 2.39. The summed E-state index contributed by atoms with van der Waals surface area (Å²) in [6.07, 6.45) is 3.50. The zero-order valence-corrected chi connectivity index (χ0v) is 17.5. The SMILES string of the molecule is CN(Cc1cnn(C)c1)C(O)CNc1ccc2c(c1)C(=O)N(C1CCC(=O)NC1=O)C2. The van der Waals surface area contributed by atoms with Crippen molar-refractivity contribution < 1.29 is 19.5 Å². The number of piperidine rings is 1. The van der Waals surface area contributed by atoms with Crippen LogP contribution in [-0.2, 0) is 29.7 Å². The van der Waals surface area contributed by atoms with Gasteiger partial charge in [-0.3, -0.25) is 29.3 Å². The predicted octanol–water partition coefficient (Wildman–Crippen LogP) is 0.0434. The smallest absolute Gasteiger partial charge is 0.255 e. The second kappa shape index (κ2) is 8.48. The molecule has 1 saturated heterocycles. The molecule has 10 nitrogen and oxygen atoms in total. The van der Waals surface area contributed by atoms with Crippen molar-refractivity contribution in [3.63, 3.8) is 0 Å². The topological polar surface area (TPSA) is 120 Å². The number of carbonyl (C=O) groups excluding carboxylic acids is 3. The molecule has 164 valence electrons. The van der Waals surface area contributed by atoms with Crippen LogP contribution in [0.25, 0.3) is 0 Å². The maximum Gasteiger partial charge on any atom is 0.255 e. The van der Waals surface area contributed by atoms with Gasteiger partial charge in [0.1, 0.15) is 12.3 Å². The lowest BCUT2D eigenvalue weighted by atomic mass is 10.0. The zero-order valence-electron chi connectivity index (χ0n) is 17.5. The summed E-state index contributed by atoms with van der Waals surface area (Å²) in [5, 5.41) is 20.0.